The minimum atomic E-state index is -1.58. The molecule has 1 aromatic heterocycles. The number of fused-ring (bicyclic) bond motifs is 3. The van der Waals surface area contributed by atoms with Crippen LogP contribution in [0.3, 0.4) is 0 Å². The average Bonchev–Trinajstić information content (AvgIpc) is 2.91. The van der Waals surface area contributed by atoms with E-state index in [9.17, 15) is 10.0 Å². The Hall–Kier alpha value is -2.56. The van der Waals surface area contributed by atoms with Crippen LogP contribution in [0.4, 0.5) is 0 Å². The van der Waals surface area contributed by atoms with Gasteiger partial charge < -0.3 is 14.6 Å². The van der Waals surface area contributed by atoms with Gasteiger partial charge in [0.1, 0.15) is 0 Å². The van der Waals surface area contributed by atoms with Crippen molar-refractivity contribution in [1.29, 1.82) is 0 Å². The van der Waals surface area contributed by atoms with Gasteiger partial charge in [-0.05, 0) is 29.7 Å². The summed E-state index contributed by atoms with van der Waals surface area (Å²) in [6.07, 6.45) is 0. The monoisotopic (exact) mass is 288 g/mol. The van der Waals surface area contributed by atoms with Gasteiger partial charge in [-0.15, -0.1) is 0 Å². The molecule has 2 N–H and O–H groups in total. The van der Waals surface area contributed by atoms with E-state index < -0.39 is 7.12 Å². The fourth-order valence-electron chi connectivity index (χ4n) is 2.91. The van der Waals surface area contributed by atoms with Crippen LogP contribution in [0.5, 0.6) is 0 Å². The van der Waals surface area contributed by atoms with E-state index in [0.717, 1.165) is 27.5 Å². The predicted molar refractivity (Wildman–Crippen MR) is 90.6 cm³/mol. The Morgan fingerprint density at radius 1 is 0.818 bits per heavy atom. The first kappa shape index (κ1) is 12.0. The second kappa shape index (κ2) is 5.02. The molecule has 106 valence electrons. The maximum Gasteiger partial charge on any atom is 0.488 e. The summed E-state index contributed by atoms with van der Waals surface area (Å²) in [5.74, 6) is 0. The van der Waals surface area contributed by atoms with Gasteiger partial charge >= 0.3 is 7.12 Å². The molecule has 0 fully saturated rings. The predicted octanol–water partition coefficient (Wildman–Crippen LogP) is 2.46. The van der Waals surface area contributed by atoms with E-state index in [1.807, 2.05) is 59.2 Å². The number of aromatic nitrogens is 1. The van der Waals surface area contributed by atoms with E-state index in [4.69, 9.17) is 1.37 Å². The molecule has 0 amide bonds. The molecule has 4 rings (SSSR count). The van der Waals surface area contributed by atoms with Gasteiger partial charge in [0.2, 0.25) is 0 Å². The lowest BCUT2D eigenvalue weighted by molar-refractivity contribution is 0.426. The lowest BCUT2D eigenvalue weighted by Gasteiger charge is -2.07. The van der Waals surface area contributed by atoms with Crippen LogP contribution in [0.2, 0.25) is 0 Å². The number of benzene rings is 3. The highest BCUT2D eigenvalue weighted by Crippen LogP contribution is 2.31. The Balaban J connectivity index is 2.20. The van der Waals surface area contributed by atoms with Crippen LogP contribution in [0, 0.1) is 0 Å². The van der Waals surface area contributed by atoms with Crippen LogP contribution < -0.4 is 5.46 Å². The van der Waals surface area contributed by atoms with E-state index >= 15 is 0 Å². The number of hydrogen-bond donors (Lipinski definition) is 2. The van der Waals surface area contributed by atoms with Gasteiger partial charge in [0.15, 0.2) is 0 Å². The van der Waals surface area contributed by atoms with Crippen molar-refractivity contribution in [2.45, 2.75) is 0 Å². The molecule has 0 saturated carbocycles. The van der Waals surface area contributed by atoms with Crippen molar-refractivity contribution in [2.24, 2.45) is 0 Å². The van der Waals surface area contributed by atoms with Gasteiger partial charge in [-0.3, -0.25) is 0 Å². The quantitative estimate of drug-likeness (QED) is 0.557. The van der Waals surface area contributed by atoms with E-state index in [1.54, 1.807) is 6.07 Å². The molecular formula is C18H14BNO2. The highest BCUT2D eigenvalue weighted by Gasteiger charge is 2.16. The number of rotatable bonds is 2. The SMILES string of the molecule is [2H]c1cc(B(O)O)cc2c3ccccc3n(-c3ccccc3)c12. The first-order valence-electron chi connectivity index (χ1n) is 7.62. The second-order valence-corrected chi connectivity index (χ2v) is 5.26. The zero-order chi connectivity index (χ0) is 16.0. The summed E-state index contributed by atoms with van der Waals surface area (Å²) in [5, 5.41) is 20.8. The van der Waals surface area contributed by atoms with Gasteiger partial charge in [0.05, 0.1) is 12.4 Å². The topological polar surface area (TPSA) is 45.4 Å². The van der Waals surface area contributed by atoms with Gasteiger partial charge in [0.25, 0.3) is 0 Å². The Kier molecular flexibility index (Phi) is 2.75. The summed E-state index contributed by atoms with van der Waals surface area (Å²) in [4.78, 5) is 0. The lowest BCUT2D eigenvalue weighted by atomic mass is 9.80. The molecule has 0 aliphatic rings. The summed E-state index contributed by atoms with van der Waals surface area (Å²) in [6.45, 7) is 0. The van der Waals surface area contributed by atoms with Crippen molar-refractivity contribution in [3.63, 3.8) is 0 Å². The van der Waals surface area contributed by atoms with Gasteiger partial charge in [-0.2, -0.15) is 0 Å². The van der Waals surface area contributed by atoms with E-state index in [2.05, 4.69) is 0 Å². The summed E-state index contributed by atoms with van der Waals surface area (Å²) < 4.78 is 10.4. The lowest BCUT2D eigenvalue weighted by Crippen LogP contribution is -2.29. The summed E-state index contributed by atoms with van der Waals surface area (Å²) in [5.41, 5.74) is 3.07. The van der Waals surface area contributed by atoms with Crippen LogP contribution >= 0.6 is 0 Å². The van der Waals surface area contributed by atoms with Gasteiger partial charge in [-0.1, -0.05) is 48.5 Å². The average molecular weight is 288 g/mol. The Labute approximate surface area is 129 Å². The minimum Gasteiger partial charge on any atom is -0.423 e. The second-order valence-electron chi connectivity index (χ2n) is 5.26. The van der Waals surface area contributed by atoms with Crippen LogP contribution in [-0.4, -0.2) is 21.7 Å². The largest absolute Gasteiger partial charge is 0.488 e. The molecule has 0 aliphatic carbocycles. The third-order valence-corrected chi connectivity index (χ3v) is 3.91. The smallest absolute Gasteiger partial charge is 0.423 e. The van der Waals surface area contributed by atoms with Crippen LogP contribution in [-0.2, 0) is 0 Å². The van der Waals surface area contributed by atoms with Gasteiger partial charge in [0, 0.05) is 16.5 Å². The summed E-state index contributed by atoms with van der Waals surface area (Å²) in [7, 11) is -1.58. The van der Waals surface area contributed by atoms with E-state index in [-0.39, 0.29) is 6.04 Å². The molecule has 0 spiro atoms. The number of nitrogens with zero attached hydrogens (tertiary/aromatic N) is 1. The van der Waals surface area contributed by atoms with Crippen molar-refractivity contribution < 1.29 is 11.4 Å². The summed E-state index contributed by atoms with van der Waals surface area (Å²) >= 11 is 0. The molecule has 3 aromatic carbocycles. The van der Waals surface area contributed by atoms with Crippen molar-refractivity contribution in [3.8, 4) is 5.69 Å². The number of hydrogen-bond acceptors (Lipinski definition) is 2. The van der Waals surface area contributed by atoms with Crippen molar-refractivity contribution in [3.05, 3.63) is 72.8 Å². The standard InChI is InChI=1S/C18H14BNO2/c21-19(22)13-10-11-18-16(12-13)15-8-4-5-9-17(15)20(18)14-6-2-1-3-7-14/h1-12,21-22H/i11D. The highest BCUT2D eigenvalue weighted by atomic mass is 16.4. The third kappa shape index (κ3) is 1.93. The fraction of sp³-hybridized carbons (Fsp3) is 0. The van der Waals surface area contributed by atoms with Crippen molar-refractivity contribution >= 4 is 34.4 Å². The molecule has 0 aliphatic heterocycles. The van der Waals surface area contributed by atoms with Crippen molar-refractivity contribution in [2.75, 3.05) is 0 Å². The molecule has 4 heteroatoms. The maximum atomic E-state index is 9.47. The van der Waals surface area contributed by atoms with E-state index in [0.29, 0.717) is 5.46 Å². The first-order chi connectivity index (χ1) is 11.2. The molecule has 22 heavy (non-hydrogen) atoms. The Morgan fingerprint density at radius 2 is 1.55 bits per heavy atom. The zero-order valence-corrected chi connectivity index (χ0v) is 11.8. The minimum absolute atomic E-state index is 0.269. The molecule has 0 saturated heterocycles. The third-order valence-electron chi connectivity index (χ3n) is 3.91. The fourth-order valence-corrected chi connectivity index (χ4v) is 2.91. The normalized spacial score (nSPS) is 11.8. The van der Waals surface area contributed by atoms with E-state index in [1.165, 1.54) is 6.07 Å². The van der Waals surface area contributed by atoms with Crippen LogP contribution in [0.15, 0.2) is 72.8 Å². The summed E-state index contributed by atoms with van der Waals surface area (Å²) in [6, 6.07) is 21.3. The first-order valence-corrected chi connectivity index (χ1v) is 7.12. The molecular weight excluding hydrogens is 273 g/mol. The molecule has 4 aromatic rings. The molecule has 0 radical (unpaired) electrons. The molecule has 3 nitrogen and oxygen atoms in total. The Morgan fingerprint density at radius 3 is 2.32 bits per heavy atom. The van der Waals surface area contributed by atoms with Crippen molar-refractivity contribution in [1.82, 2.24) is 4.57 Å². The Bertz CT molecular complexity index is 1010. The van der Waals surface area contributed by atoms with Gasteiger partial charge in [-0.25, -0.2) is 0 Å². The number of para-hydroxylation sites is 2. The molecule has 0 unspecified atom stereocenters. The molecule has 1 heterocycles. The van der Waals surface area contributed by atoms with Crippen LogP contribution in [0.1, 0.15) is 1.37 Å². The zero-order valence-electron chi connectivity index (χ0n) is 12.8. The molecule has 0 bridgehead atoms. The highest BCUT2D eigenvalue weighted by molar-refractivity contribution is 6.59. The van der Waals surface area contributed by atoms with Crippen LogP contribution in [0.25, 0.3) is 27.5 Å². The molecule has 0 atom stereocenters. The maximum absolute atomic E-state index is 9.47.